The van der Waals surface area contributed by atoms with E-state index in [9.17, 15) is 0 Å². The highest BCUT2D eigenvalue weighted by Crippen LogP contribution is 2.29. The fourth-order valence-corrected chi connectivity index (χ4v) is 2.20. The maximum absolute atomic E-state index is 6.02. The minimum Gasteiger partial charge on any atom is -0.377 e. The van der Waals surface area contributed by atoms with Crippen molar-refractivity contribution in [1.82, 2.24) is 9.88 Å². The minimum absolute atomic E-state index is 0.555. The van der Waals surface area contributed by atoms with Gasteiger partial charge in [-0.2, -0.15) is 0 Å². The summed E-state index contributed by atoms with van der Waals surface area (Å²) in [5, 5.41) is 0.555. The van der Waals surface area contributed by atoms with E-state index < -0.39 is 0 Å². The van der Waals surface area contributed by atoms with E-state index >= 15 is 0 Å². The molecule has 0 fully saturated rings. The van der Waals surface area contributed by atoms with Crippen molar-refractivity contribution < 1.29 is 0 Å². The zero-order valence-electron chi connectivity index (χ0n) is 9.79. The highest BCUT2D eigenvalue weighted by atomic mass is 35.5. The van der Waals surface area contributed by atoms with Gasteiger partial charge < -0.3 is 4.90 Å². The van der Waals surface area contributed by atoms with E-state index in [0.29, 0.717) is 5.15 Å². The molecule has 3 heteroatoms. The number of nitrogens with zero attached hydrogens (tertiary/aromatic N) is 2. The first-order valence-electron chi connectivity index (χ1n) is 5.31. The normalized spacial score (nSPS) is 14.1. The van der Waals surface area contributed by atoms with Gasteiger partial charge in [-0.15, -0.1) is 0 Å². The lowest BCUT2D eigenvalue weighted by molar-refractivity contribution is 0.590. The van der Waals surface area contributed by atoms with Gasteiger partial charge in [0.1, 0.15) is 5.15 Å². The van der Waals surface area contributed by atoms with Gasteiger partial charge in [-0.1, -0.05) is 29.8 Å². The molecule has 16 heavy (non-hydrogen) atoms. The van der Waals surface area contributed by atoms with Gasteiger partial charge >= 0.3 is 0 Å². The minimum atomic E-state index is 0.555. The lowest BCUT2D eigenvalue weighted by atomic mass is 10.0. The van der Waals surface area contributed by atoms with E-state index in [4.69, 9.17) is 11.6 Å². The number of halogens is 1. The summed E-state index contributed by atoms with van der Waals surface area (Å²) in [5.74, 6) is 0. The summed E-state index contributed by atoms with van der Waals surface area (Å²) in [6.07, 6.45) is 7.43. The number of allylic oxidation sites excluding steroid dienone is 2. The lowest BCUT2D eigenvalue weighted by Crippen LogP contribution is -2.11. The van der Waals surface area contributed by atoms with Crippen LogP contribution < -0.4 is 0 Å². The monoisotopic (exact) mass is 234 g/mol. The predicted octanol–water partition coefficient (Wildman–Crippen LogP) is 3.36. The Balaban J connectivity index is 2.67. The summed E-state index contributed by atoms with van der Waals surface area (Å²) in [6.45, 7) is 1.99. The lowest BCUT2D eigenvalue weighted by Gasteiger charge is -2.19. The molecular formula is C13H15ClN2. The molecule has 2 nitrogen and oxygen atoms in total. The van der Waals surface area contributed by atoms with Crippen LogP contribution in [-0.4, -0.2) is 24.0 Å². The predicted molar refractivity (Wildman–Crippen MR) is 69.3 cm³/mol. The van der Waals surface area contributed by atoms with Crippen LogP contribution >= 0.6 is 11.6 Å². The molecule has 1 aromatic heterocycles. The highest BCUT2D eigenvalue weighted by Gasteiger charge is 2.13. The molecule has 0 radical (unpaired) electrons. The molecule has 0 amide bonds. The van der Waals surface area contributed by atoms with Gasteiger partial charge in [0.05, 0.1) is 0 Å². The number of aromatic nitrogens is 1. The van der Waals surface area contributed by atoms with Crippen LogP contribution in [0.2, 0.25) is 5.15 Å². The Morgan fingerprint density at radius 1 is 1.38 bits per heavy atom. The van der Waals surface area contributed by atoms with Crippen LogP contribution in [0, 0.1) is 6.92 Å². The third kappa shape index (κ3) is 1.98. The second kappa shape index (κ2) is 4.30. The molecule has 2 rings (SSSR count). The number of fused-ring (bicyclic) bond motifs is 1. The van der Waals surface area contributed by atoms with E-state index in [1.807, 2.05) is 27.1 Å². The topological polar surface area (TPSA) is 16.1 Å². The third-order valence-electron chi connectivity index (χ3n) is 2.71. The number of rotatable bonds is 1. The van der Waals surface area contributed by atoms with Crippen molar-refractivity contribution >= 4 is 23.4 Å². The van der Waals surface area contributed by atoms with Gasteiger partial charge in [0.15, 0.2) is 0 Å². The van der Waals surface area contributed by atoms with Crippen molar-refractivity contribution in [3.8, 4) is 0 Å². The van der Waals surface area contributed by atoms with Crippen molar-refractivity contribution in [3.05, 3.63) is 40.2 Å². The summed E-state index contributed by atoms with van der Waals surface area (Å²) in [6, 6.07) is 1.94. The van der Waals surface area contributed by atoms with Gasteiger partial charge in [-0.3, -0.25) is 0 Å². The average molecular weight is 235 g/mol. The first-order chi connectivity index (χ1) is 7.59. The van der Waals surface area contributed by atoms with Crippen molar-refractivity contribution in [3.63, 3.8) is 0 Å². The first kappa shape index (κ1) is 11.2. The summed E-state index contributed by atoms with van der Waals surface area (Å²) in [4.78, 5) is 6.40. The smallest absolute Gasteiger partial charge is 0.130 e. The molecule has 0 unspecified atom stereocenters. The molecule has 0 saturated heterocycles. The molecule has 0 saturated carbocycles. The average Bonchev–Trinajstić information content (AvgIpc) is 2.39. The first-order valence-corrected chi connectivity index (χ1v) is 5.69. The number of pyridine rings is 1. The molecule has 84 valence electrons. The van der Waals surface area contributed by atoms with Crippen LogP contribution in [0.3, 0.4) is 0 Å². The molecule has 0 atom stereocenters. The van der Waals surface area contributed by atoms with Gasteiger partial charge in [0, 0.05) is 36.6 Å². The molecule has 0 spiro atoms. The molecular weight excluding hydrogens is 220 g/mol. The van der Waals surface area contributed by atoms with Crippen molar-refractivity contribution in [2.45, 2.75) is 13.3 Å². The fourth-order valence-electron chi connectivity index (χ4n) is 1.97. The maximum Gasteiger partial charge on any atom is 0.130 e. The zero-order valence-corrected chi connectivity index (χ0v) is 10.5. The van der Waals surface area contributed by atoms with Gasteiger partial charge in [0.25, 0.3) is 0 Å². The summed E-state index contributed by atoms with van der Waals surface area (Å²) >= 11 is 6.02. The summed E-state index contributed by atoms with van der Waals surface area (Å²) in [5.41, 5.74) is 4.51. The Kier molecular flexibility index (Phi) is 3.01. The van der Waals surface area contributed by atoms with E-state index in [1.165, 1.54) is 11.3 Å². The largest absolute Gasteiger partial charge is 0.377 e. The fraction of sp³-hybridized carbons (Fsp3) is 0.308. The van der Waals surface area contributed by atoms with Crippen LogP contribution in [0.4, 0.5) is 0 Å². The van der Waals surface area contributed by atoms with Gasteiger partial charge in [-0.25, -0.2) is 4.98 Å². The molecule has 1 heterocycles. The van der Waals surface area contributed by atoms with E-state index in [-0.39, 0.29) is 0 Å². The molecule has 1 aliphatic rings. The van der Waals surface area contributed by atoms with Gasteiger partial charge in [0.2, 0.25) is 0 Å². The Morgan fingerprint density at radius 3 is 2.81 bits per heavy atom. The number of hydrogen-bond acceptors (Lipinski definition) is 2. The molecule has 1 aliphatic carbocycles. The van der Waals surface area contributed by atoms with Crippen molar-refractivity contribution in [1.29, 1.82) is 0 Å². The molecule has 0 aromatic carbocycles. The molecule has 0 aliphatic heterocycles. The highest BCUT2D eigenvalue weighted by molar-refractivity contribution is 6.29. The summed E-state index contributed by atoms with van der Waals surface area (Å²) in [7, 11) is 4.09. The van der Waals surface area contributed by atoms with Crippen LogP contribution in [-0.2, 0) is 0 Å². The van der Waals surface area contributed by atoms with Crippen LogP contribution in [0.5, 0.6) is 0 Å². The van der Waals surface area contributed by atoms with Crippen LogP contribution in [0.15, 0.2) is 18.2 Å². The molecule has 0 N–H and O–H groups in total. The Morgan fingerprint density at radius 2 is 2.12 bits per heavy atom. The van der Waals surface area contributed by atoms with E-state index in [1.54, 1.807) is 0 Å². The molecule has 0 bridgehead atoms. The van der Waals surface area contributed by atoms with Crippen molar-refractivity contribution in [2.75, 3.05) is 14.1 Å². The van der Waals surface area contributed by atoms with Gasteiger partial charge in [-0.05, 0) is 19.4 Å². The quantitative estimate of drug-likeness (QED) is 0.693. The second-order valence-corrected chi connectivity index (χ2v) is 4.50. The van der Waals surface area contributed by atoms with Crippen LogP contribution in [0.1, 0.15) is 23.2 Å². The van der Waals surface area contributed by atoms with E-state index in [0.717, 1.165) is 17.7 Å². The number of hydrogen-bond donors (Lipinski definition) is 0. The Hall–Kier alpha value is -1.28. The Labute approximate surface area is 101 Å². The summed E-state index contributed by atoms with van der Waals surface area (Å²) < 4.78 is 0. The Bertz CT molecular complexity index is 473. The van der Waals surface area contributed by atoms with Crippen molar-refractivity contribution in [2.24, 2.45) is 0 Å². The zero-order chi connectivity index (χ0) is 11.7. The maximum atomic E-state index is 6.02. The third-order valence-corrected chi connectivity index (χ3v) is 2.90. The SMILES string of the molecule is Cc1nc(Cl)cc2c1C=CCC=C2N(C)C. The second-order valence-electron chi connectivity index (χ2n) is 4.11. The van der Waals surface area contributed by atoms with Crippen LogP contribution in [0.25, 0.3) is 11.8 Å². The number of aryl methyl sites for hydroxylation is 1. The standard InChI is InChI=1S/C13H15ClN2/c1-9-10-6-4-5-7-12(16(2)3)11(10)8-13(14)15-9/h4,6-8H,5H2,1-3H3. The van der Waals surface area contributed by atoms with E-state index in [2.05, 4.69) is 28.1 Å². The molecule has 1 aromatic rings.